The third-order valence-corrected chi connectivity index (χ3v) is 3.11. The van der Waals surface area contributed by atoms with Crippen LogP contribution in [0.5, 0.6) is 0 Å². The topological polar surface area (TPSA) is 67.7 Å². The second-order valence-electron chi connectivity index (χ2n) is 3.81. The van der Waals surface area contributed by atoms with Crippen LogP contribution >= 0.6 is 23.2 Å². The van der Waals surface area contributed by atoms with E-state index in [1.54, 1.807) is 22.6 Å². The van der Waals surface area contributed by atoms with Crippen molar-refractivity contribution in [2.24, 2.45) is 0 Å². The standard InChI is InChI=1S/C12H6Cl2N2O3/c13-9-4-3-8(19-9)11-15-10(14)7-2-1-6(12(17)18)5-16(7)11/h1-5H,(H,17,18). The number of imidazole rings is 1. The van der Waals surface area contributed by atoms with Crippen LogP contribution in [0.2, 0.25) is 10.4 Å². The zero-order valence-electron chi connectivity index (χ0n) is 9.30. The molecule has 0 amide bonds. The van der Waals surface area contributed by atoms with E-state index < -0.39 is 5.97 Å². The van der Waals surface area contributed by atoms with E-state index in [2.05, 4.69) is 4.98 Å². The van der Waals surface area contributed by atoms with Gasteiger partial charge in [-0.15, -0.1) is 0 Å². The van der Waals surface area contributed by atoms with Crippen LogP contribution in [-0.2, 0) is 0 Å². The molecule has 1 N–H and O–H groups in total. The van der Waals surface area contributed by atoms with Crippen molar-refractivity contribution in [2.75, 3.05) is 0 Å². The fraction of sp³-hybridized carbons (Fsp3) is 0. The summed E-state index contributed by atoms with van der Waals surface area (Å²) in [5, 5.41) is 9.49. The van der Waals surface area contributed by atoms with Crippen LogP contribution in [-0.4, -0.2) is 20.5 Å². The number of halogens is 2. The van der Waals surface area contributed by atoms with Gasteiger partial charge in [-0.05, 0) is 35.9 Å². The van der Waals surface area contributed by atoms with E-state index in [0.29, 0.717) is 17.1 Å². The number of furan rings is 1. The Morgan fingerprint density at radius 2 is 2.05 bits per heavy atom. The predicted octanol–water partition coefficient (Wildman–Crippen LogP) is 3.60. The molecule has 5 nitrogen and oxygen atoms in total. The summed E-state index contributed by atoms with van der Waals surface area (Å²) < 4.78 is 6.82. The van der Waals surface area contributed by atoms with Gasteiger partial charge >= 0.3 is 5.97 Å². The zero-order valence-corrected chi connectivity index (χ0v) is 10.8. The molecular weight excluding hydrogens is 291 g/mol. The second-order valence-corrected chi connectivity index (χ2v) is 4.54. The molecule has 0 radical (unpaired) electrons. The van der Waals surface area contributed by atoms with Gasteiger partial charge < -0.3 is 9.52 Å². The quantitative estimate of drug-likeness (QED) is 0.784. The van der Waals surface area contributed by atoms with Crippen LogP contribution in [0.3, 0.4) is 0 Å². The van der Waals surface area contributed by atoms with Gasteiger partial charge in [0.05, 0.1) is 11.1 Å². The smallest absolute Gasteiger partial charge is 0.337 e. The molecule has 3 rings (SSSR count). The fourth-order valence-corrected chi connectivity index (χ4v) is 2.16. The number of nitrogens with zero attached hydrogens (tertiary/aromatic N) is 2. The summed E-state index contributed by atoms with van der Waals surface area (Å²) in [5.41, 5.74) is 0.717. The number of aromatic nitrogens is 2. The van der Waals surface area contributed by atoms with E-state index in [1.807, 2.05) is 0 Å². The second kappa shape index (κ2) is 4.29. The molecule has 19 heavy (non-hydrogen) atoms. The SMILES string of the molecule is O=C(O)c1ccc2c(Cl)nc(-c3ccc(Cl)o3)n2c1. The van der Waals surface area contributed by atoms with Gasteiger partial charge in [0.1, 0.15) is 0 Å². The molecule has 7 heteroatoms. The third kappa shape index (κ3) is 1.97. The highest BCUT2D eigenvalue weighted by Gasteiger charge is 2.16. The Morgan fingerprint density at radius 3 is 2.68 bits per heavy atom. The van der Waals surface area contributed by atoms with Crippen LogP contribution in [0.25, 0.3) is 17.1 Å². The monoisotopic (exact) mass is 296 g/mol. The summed E-state index contributed by atoms with van der Waals surface area (Å²) >= 11 is 11.7. The van der Waals surface area contributed by atoms with Crippen LogP contribution in [0, 0.1) is 0 Å². The fourth-order valence-electron chi connectivity index (χ4n) is 1.78. The molecule has 0 bridgehead atoms. The third-order valence-electron chi connectivity index (χ3n) is 2.63. The number of pyridine rings is 1. The van der Waals surface area contributed by atoms with Crippen molar-refractivity contribution >= 4 is 34.7 Å². The molecule has 0 aliphatic rings. The lowest BCUT2D eigenvalue weighted by Gasteiger charge is -2.00. The summed E-state index contributed by atoms with van der Waals surface area (Å²) in [7, 11) is 0. The molecule has 0 fully saturated rings. The summed E-state index contributed by atoms with van der Waals surface area (Å²) in [6.45, 7) is 0. The molecule has 0 spiro atoms. The molecule has 3 aromatic rings. The van der Waals surface area contributed by atoms with Crippen molar-refractivity contribution in [2.45, 2.75) is 0 Å². The minimum Gasteiger partial charge on any atom is -0.478 e. The van der Waals surface area contributed by atoms with Crippen molar-refractivity contribution in [3.8, 4) is 11.6 Å². The Labute approximate surface area is 117 Å². The summed E-state index contributed by atoms with van der Waals surface area (Å²) in [5.74, 6) is -0.223. The van der Waals surface area contributed by atoms with E-state index in [0.717, 1.165) is 0 Å². The van der Waals surface area contributed by atoms with Crippen molar-refractivity contribution in [1.82, 2.24) is 9.38 Å². The van der Waals surface area contributed by atoms with Crippen molar-refractivity contribution in [1.29, 1.82) is 0 Å². The Bertz CT molecular complexity index is 791. The zero-order chi connectivity index (χ0) is 13.6. The summed E-state index contributed by atoms with van der Waals surface area (Å²) in [4.78, 5) is 15.1. The van der Waals surface area contributed by atoms with Crippen LogP contribution in [0.4, 0.5) is 0 Å². The van der Waals surface area contributed by atoms with Gasteiger partial charge in [-0.1, -0.05) is 11.6 Å². The Hall–Kier alpha value is -1.98. The van der Waals surface area contributed by atoms with Crippen molar-refractivity contribution in [3.05, 3.63) is 46.4 Å². The maximum Gasteiger partial charge on any atom is 0.337 e. The highest BCUT2D eigenvalue weighted by Crippen LogP contribution is 2.28. The van der Waals surface area contributed by atoms with E-state index in [-0.39, 0.29) is 15.9 Å². The molecule has 3 heterocycles. The maximum absolute atomic E-state index is 11.0. The van der Waals surface area contributed by atoms with E-state index in [4.69, 9.17) is 32.7 Å². The first kappa shape index (κ1) is 12.1. The summed E-state index contributed by atoms with van der Waals surface area (Å²) in [6, 6.07) is 6.27. The number of hydrogen-bond donors (Lipinski definition) is 1. The molecule has 0 atom stereocenters. The minimum atomic E-state index is -1.03. The molecule has 0 aliphatic heterocycles. The molecule has 0 aliphatic carbocycles. The predicted molar refractivity (Wildman–Crippen MR) is 69.9 cm³/mol. The Morgan fingerprint density at radius 1 is 1.26 bits per heavy atom. The van der Waals surface area contributed by atoms with Crippen LogP contribution in [0.1, 0.15) is 10.4 Å². The molecule has 0 unspecified atom stereocenters. The number of carbonyl (C=O) groups is 1. The molecule has 0 saturated heterocycles. The van der Waals surface area contributed by atoms with Crippen LogP contribution < -0.4 is 0 Å². The van der Waals surface area contributed by atoms with E-state index in [9.17, 15) is 4.79 Å². The number of carboxylic acid groups (broad SMARTS) is 1. The van der Waals surface area contributed by atoms with Gasteiger partial charge in [0.25, 0.3) is 0 Å². The first-order chi connectivity index (χ1) is 9.06. The van der Waals surface area contributed by atoms with Gasteiger partial charge in [0.15, 0.2) is 22.0 Å². The molecule has 0 saturated carbocycles. The minimum absolute atomic E-state index is 0.125. The van der Waals surface area contributed by atoms with Gasteiger partial charge in [0, 0.05) is 6.20 Å². The normalized spacial score (nSPS) is 11.1. The van der Waals surface area contributed by atoms with Crippen molar-refractivity contribution in [3.63, 3.8) is 0 Å². The van der Waals surface area contributed by atoms with E-state index in [1.165, 1.54) is 12.3 Å². The lowest BCUT2D eigenvalue weighted by molar-refractivity contribution is 0.0696. The van der Waals surface area contributed by atoms with Gasteiger partial charge in [-0.25, -0.2) is 9.78 Å². The first-order valence-corrected chi connectivity index (χ1v) is 5.98. The number of aromatic carboxylic acids is 1. The Kier molecular flexibility index (Phi) is 2.73. The van der Waals surface area contributed by atoms with Crippen molar-refractivity contribution < 1.29 is 14.3 Å². The highest BCUT2D eigenvalue weighted by atomic mass is 35.5. The number of carboxylic acids is 1. The number of fused-ring (bicyclic) bond motifs is 1. The maximum atomic E-state index is 11.0. The van der Waals surface area contributed by atoms with Crippen LogP contribution in [0.15, 0.2) is 34.9 Å². The average Bonchev–Trinajstić information content (AvgIpc) is 2.93. The average molecular weight is 297 g/mol. The molecular formula is C12H6Cl2N2O3. The lowest BCUT2D eigenvalue weighted by Crippen LogP contribution is -1.99. The van der Waals surface area contributed by atoms with E-state index >= 15 is 0 Å². The summed E-state index contributed by atoms with van der Waals surface area (Å²) in [6.07, 6.45) is 1.43. The Balaban J connectivity index is 2.29. The molecule has 96 valence electrons. The first-order valence-electron chi connectivity index (χ1n) is 5.23. The van der Waals surface area contributed by atoms with Gasteiger partial charge in [0.2, 0.25) is 0 Å². The number of hydrogen-bond acceptors (Lipinski definition) is 3. The molecule has 0 aromatic carbocycles. The van der Waals surface area contributed by atoms with Gasteiger partial charge in [-0.2, -0.15) is 0 Å². The van der Waals surface area contributed by atoms with Gasteiger partial charge in [-0.3, -0.25) is 4.40 Å². The highest BCUT2D eigenvalue weighted by molar-refractivity contribution is 6.33. The largest absolute Gasteiger partial charge is 0.478 e. The lowest BCUT2D eigenvalue weighted by atomic mass is 10.3. The molecule has 3 aromatic heterocycles. The number of rotatable bonds is 2.